The van der Waals surface area contributed by atoms with Crippen LogP contribution in [-0.4, -0.2) is 16.5 Å². The molecule has 0 bridgehead atoms. The first-order valence-electron chi connectivity index (χ1n) is 5.59. The molecule has 0 amide bonds. The van der Waals surface area contributed by atoms with Crippen molar-refractivity contribution >= 4 is 0 Å². The lowest BCUT2D eigenvalue weighted by molar-refractivity contribution is 0.607. The maximum absolute atomic E-state index is 4.45. The van der Waals surface area contributed by atoms with Crippen molar-refractivity contribution in [2.45, 2.75) is 45.1 Å². The number of nitrogens with zero attached hydrogens (tertiary/aromatic N) is 1. The highest BCUT2D eigenvalue weighted by Gasteiger charge is 2.19. The summed E-state index contributed by atoms with van der Waals surface area (Å²) in [6, 6.07) is 0.466. The summed E-state index contributed by atoms with van der Waals surface area (Å²) in [7, 11) is 0. The monoisotopic (exact) mass is 193 g/mol. The molecule has 1 saturated heterocycles. The van der Waals surface area contributed by atoms with Crippen LogP contribution in [0.25, 0.3) is 0 Å². The summed E-state index contributed by atoms with van der Waals surface area (Å²) in [4.78, 5) is 7.88. The Balaban J connectivity index is 2.08. The molecule has 14 heavy (non-hydrogen) atoms. The molecule has 3 nitrogen and oxygen atoms in total. The number of aromatic nitrogens is 2. The van der Waals surface area contributed by atoms with Crippen molar-refractivity contribution in [3.05, 3.63) is 17.7 Å². The zero-order chi connectivity index (χ0) is 9.97. The molecule has 3 heteroatoms. The topological polar surface area (TPSA) is 40.7 Å². The van der Waals surface area contributed by atoms with E-state index < -0.39 is 0 Å². The molecule has 0 saturated carbocycles. The zero-order valence-electron chi connectivity index (χ0n) is 9.01. The summed E-state index contributed by atoms with van der Waals surface area (Å²) < 4.78 is 0. The maximum Gasteiger partial charge on any atom is 0.123 e. The highest BCUT2D eigenvalue weighted by atomic mass is 15.0. The maximum atomic E-state index is 4.45. The van der Waals surface area contributed by atoms with Crippen LogP contribution in [0.3, 0.4) is 0 Å². The Hall–Kier alpha value is -0.830. The zero-order valence-corrected chi connectivity index (χ0v) is 9.01. The van der Waals surface area contributed by atoms with Gasteiger partial charge in [-0.3, -0.25) is 0 Å². The standard InChI is InChI=1S/C11H19N3/c1-3-8(2)10-7-13-11(14-10)9-5-4-6-12-9/h7-9,12H,3-6H2,1-2H3,(H,13,14). The van der Waals surface area contributed by atoms with Gasteiger partial charge in [-0.1, -0.05) is 13.8 Å². The molecule has 2 N–H and O–H groups in total. The predicted octanol–water partition coefficient (Wildman–Crippen LogP) is 2.35. The van der Waals surface area contributed by atoms with Crippen LogP contribution in [0, 0.1) is 0 Å². The first kappa shape index (κ1) is 9.71. The first-order chi connectivity index (χ1) is 6.81. The van der Waals surface area contributed by atoms with Crippen LogP contribution in [0.4, 0.5) is 0 Å². The summed E-state index contributed by atoms with van der Waals surface area (Å²) in [5, 5.41) is 3.45. The van der Waals surface area contributed by atoms with Crippen molar-refractivity contribution in [2.75, 3.05) is 6.54 Å². The van der Waals surface area contributed by atoms with Crippen molar-refractivity contribution < 1.29 is 0 Å². The quantitative estimate of drug-likeness (QED) is 0.773. The second kappa shape index (κ2) is 4.13. The molecule has 2 rings (SSSR count). The van der Waals surface area contributed by atoms with E-state index in [4.69, 9.17) is 0 Å². The number of nitrogens with one attached hydrogen (secondary N) is 2. The van der Waals surface area contributed by atoms with Crippen LogP contribution < -0.4 is 5.32 Å². The van der Waals surface area contributed by atoms with Crippen molar-refractivity contribution in [3.8, 4) is 0 Å². The van der Waals surface area contributed by atoms with E-state index in [-0.39, 0.29) is 0 Å². The van der Waals surface area contributed by atoms with Gasteiger partial charge in [0.25, 0.3) is 0 Å². The molecule has 2 atom stereocenters. The number of aromatic amines is 1. The normalized spacial score (nSPS) is 24.0. The highest BCUT2D eigenvalue weighted by molar-refractivity contribution is 5.09. The van der Waals surface area contributed by atoms with E-state index in [0.717, 1.165) is 12.4 Å². The van der Waals surface area contributed by atoms with Crippen LogP contribution >= 0.6 is 0 Å². The SMILES string of the molecule is CCC(C)c1cnc(C2CCCN2)[nH]1. The van der Waals surface area contributed by atoms with Gasteiger partial charge >= 0.3 is 0 Å². The van der Waals surface area contributed by atoms with E-state index in [0.29, 0.717) is 12.0 Å². The molecule has 0 aromatic carbocycles. The van der Waals surface area contributed by atoms with Crippen LogP contribution in [0.15, 0.2) is 6.20 Å². The summed E-state index contributed by atoms with van der Waals surface area (Å²) in [6.07, 6.45) is 5.64. The van der Waals surface area contributed by atoms with Crippen LogP contribution in [0.1, 0.15) is 56.6 Å². The summed E-state index contributed by atoms with van der Waals surface area (Å²) in [5.74, 6) is 1.72. The number of hydrogen-bond donors (Lipinski definition) is 2. The molecule has 1 aliphatic heterocycles. The molecule has 0 spiro atoms. The molecular weight excluding hydrogens is 174 g/mol. The van der Waals surface area contributed by atoms with Crippen molar-refractivity contribution in [3.63, 3.8) is 0 Å². The highest BCUT2D eigenvalue weighted by Crippen LogP contribution is 2.23. The minimum atomic E-state index is 0.466. The van der Waals surface area contributed by atoms with Gasteiger partial charge in [0.15, 0.2) is 0 Å². The third-order valence-electron chi connectivity index (χ3n) is 3.15. The van der Waals surface area contributed by atoms with Crippen LogP contribution in [0.2, 0.25) is 0 Å². The Morgan fingerprint density at radius 1 is 1.64 bits per heavy atom. The Morgan fingerprint density at radius 2 is 2.50 bits per heavy atom. The summed E-state index contributed by atoms with van der Waals surface area (Å²) in [5.41, 5.74) is 1.27. The Labute approximate surface area is 85.3 Å². The van der Waals surface area contributed by atoms with Gasteiger partial charge < -0.3 is 10.3 Å². The number of imidazole rings is 1. The fourth-order valence-corrected chi connectivity index (χ4v) is 1.92. The molecule has 0 radical (unpaired) electrons. The van der Waals surface area contributed by atoms with Gasteiger partial charge in [-0.25, -0.2) is 4.98 Å². The van der Waals surface area contributed by atoms with Gasteiger partial charge in [-0.15, -0.1) is 0 Å². The van der Waals surface area contributed by atoms with E-state index in [9.17, 15) is 0 Å². The minimum absolute atomic E-state index is 0.466. The van der Waals surface area contributed by atoms with Crippen molar-refractivity contribution in [1.82, 2.24) is 15.3 Å². The summed E-state index contributed by atoms with van der Waals surface area (Å²) >= 11 is 0. The van der Waals surface area contributed by atoms with Gasteiger partial charge in [0.2, 0.25) is 0 Å². The molecule has 2 unspecified atom stereocenters. The molecule has 1 aromatic heterocycles. The number of hydrogen-bond acceptors (Lipinski definition) is 2. The lowest BCUT2D eigenvalue weighted by Crippen LogP contribution is -2.14. The molecule has 1 aliphatic rings. The van der Waals surface area contributed by atoms with E-state index in [2.05, 4.69) is 29.1 Å². The minimum Gasteiger partial charge on any atom is -0.344 e. The Bertz CT molecular complexity index is 286. The Morgan fingerprint density at radius 3 is 3.14 bits per heavy atom. The third kappa shape index (κ3) is 1.82. The molecule has 1 fully saturated rings. The average molecular weight is 193 g/mol. The fraction of sp³-hybridized carbons (Fsp3) is 0.727. The van der Waals surface area contributed by atoms with E-state index >= 15 is 0 Å². The molecule has 0 aliphatic carbocycles. The lowest BCUT2D eigenvalue weighted by atomic mass is 10.1. The second-order valence-electron chi connectivity index (χ2n) is 4.18. The van der Waals surface area contributed by atoms with Gasteiger partial charge in [-0.05, 0) is 31.7 Å². The van der Waals surface area contributed by atoms with E-state index in [1.54, 1.807) is 0 Å². The van der Waals surface area contributed by atoms with E-state index in [1.807, 2.05) is 6.20 Å². The molecule has 2 heterocycles. The smallest absolute Gasteiger partial charge is 0.123 e. The molecule has 1 aromatic rings. The van der Waals surface area contributed by atoms with Crippen molar-refractivity contribution in [1.29, 1.82) is 0 Å². The van der Waals surface area contributed by atoms with Crippen LogP contribution in [-0.2, 0) is 0 Å². The number of H-pyrrole nitrogens is 1. The second-order valence-corrected chi connectivity index (χ2v) is 4.18. The van der Waals surface area contributed by atoms with Gasteiger partial charge in [-0.2, -0.15) is 0 Å². The predicted molar refractivity (Wildman–Crippen MR) is 57.3 cm³/mol. The largest absolute Gasteiger partial charge is 0.344 e. The lowest BCUT2D eigenvalue weighted by Gasteiger charge is -2.07. The van der Waals surface area contributed by atoms with Crippen LogP contribution in [0.5, 0.6) is 0 Å². The van der Waals surface area contributed by atoms with Crippen molar-refractivity contribution in [2.24, 2.45) is 0 Å². The Kier molecular flexibility index (Phi) is 2.87. The number of rotatable bonds is 3. The third-order valence-corrected chi connectivity index (χ3v) is 3.15. The average Bonchev–Trinajstić information content (AvgIpc) is 2.86. The summed E-state index contributed by atoms with van der Waals surface area (Å²) in [6.45, 7) is 5.57. The van der Waals surface area contributed by atoms with Gasteiger partial charge in [0.1, 0.15) is 5.82 Å². The van der Waals surface area contributed by atoms with Gasteiger partial charge in [0, 0.05) is 11.9 Å². The van der Waals surface area contributed by atoms with Gasteiger partial charge in [0.05, 0.1) is 6.04 Å². The van der Waals surface area contributed by atoms with E-state index in [1.165, 1.54) is 25.0 Å². The first-order valence-corrected chi connectivity index (χ1v) is 5.59. The fourth-order valence-electron chi connectivity index (χ4n) is 1.92. The molecular formula is C11H19N3. The molecule has 78 valence electrons.